The highest BCUT2D eigenvalue weighted by Gasteiger charge is 2.28. The van der Waals surface area contributed by atoms with E-state index in [2.05, 4.69) is 0 Å². The lowest BCUT2D eigenvalue weighted by Gasteiger charge is -2.14. The first-order valence-corrected chi connectivity index (χ1v) is 7.44. The van der Waals surface area contributed by atoms with Gasteiger partial charge in [0.15, 0.2) is 5.82 Å². The number of aliphatic carboxylic acids is 1. The summed E-state index contributed by atoms with van der Waals surface area (Å²) in [6.45, 7) is -0.539. The Labute approximate surface area is 124 Å². The predicted octanol–water partition coefficient (Wildman–Crippen LogP) is 1.25. The van der Waals surface area contributed by atoms with Crippen LogP contribution in [0.2, 0.25) is 10.0 Å². The van der Waals surface area contributed by atoms with Gasteiger partial charge in [-0.2, -0.15) is 4.72 Å². The first kappa shape index (κ1) is 17.1. The summed E-state index contributed by atoms with van der Waals surface area (Å²) >= 11 is 11.0. The topological polar surface area (TPSA) is 104 Å². The molecule has 0 aliphatic carbocycles. The van der Waals surface area contributed by atoms with Crippen LogP contribution < -0.4 is 4.72 Å². The molecule has 3 N–H and O–H groups in total. The molecule has 0 amide bonds. The lowest BCUT2D eigenvalue weighted by atomic mass is 10.2. The Kier molecular flexibility index (Phi) is 5.72. The van der Waals surface area contributed by atoms with Crippen LogP contribution in [0.3, 0.4) is 0 Å². The summed E-state index contributed by atoms with van der Waals surface area (Å²) in [6, 6.07) is 0.382. The van der Waals surface area contributed by atoms with E-state index in [1.54, 1.807) is 0 Å². The molecule has 0 saturated carbocycles. The maximum Gasteiger partial charge on any atom is 0.321 e. The van der Waals surface area contributed by atoms with Crippen LogP contribution in [-0.2, 0) is 14.8 Å². The predicted molar refractivity (Wildman–Crippen MR) is 69.9 cm³/mol. The average Bonchev–Trinajstić information content (AvgIpc) is 2.34. The van der Waals surface area contributed by atoms with Crippen molar-refractivity contribution in [3.63, 3.8) is 0 Å². The quantitative estimate of drug-likeness (QED) is 0.673. The fourth-order valence-electron chi connectivity index (χ4n) is 1.33. The van der Waals surface area contributed by atoms with Crippen LogP contribution in [0.15, 0.2) is 17.0 Å². The minimum Gasteiger partial charge on any atom is -0.480 e. The number of nitrogens with one attached hydrogen (secondary N) is 1. The van der Waals surface area contributed by atoms with E-state index in [0.29, 0.717) is 0 Å². The van der Waals surface area contributed by atoms with Crippen molar-refractivity contribution in [2.45, 2.75) is 17.4 Å². The van der Waals surface area contributed by atoms with Gasteiger partial charge in [-0.1, -0.05) is 23.2 Å². The fourth-order valence-corrected chi connectivity index (χ4v) is 3.30. The van der Waals surface area contributed by atoms with E-state index < -0.39 is 44.4 Å². The van der Waals surface area contributed by atoms with Crippen molar-refractivity contribution in [1.82, 2.24) is 4.72 Å². The van der Waals surface area contributed by atoms with Gasteiger partial charge in [0.05, 0.1) is 10.0 Å². The molecule has 0 spiro atoms. The fraction of sp³-hybridized carbons (Fsp3) is 0.300. The lowest BCUT2D eigenvalue weighted by Crippen LogP contribution is -2.41. The number of aliphatic hydroxyl groups excluding tert-OH is 1. The van der Waals surface area contributed by atoms with Crippen molar-refractivity contribution in [2.24, 2.45) is 0 Å². The number of carboxylic acid groups (broad SMARTS) is 1. The van der Waals surface area contributed by atoms with Crippen LogP contribution in [-0.4, -0.2) is 37.2 Å². The van der Waals surface area contributed by atoms with Gasteiger partial charge in [-0.05, 0) is 18.6 Å². The minimum absolute atomic E-state index is 0.345. The van der Waals surface area contributed by atoms with E-state index in [9.17, 15) is 17.6 Å². The minimum atomic E-state index is -4.37. The summed E-state index contributed by atoms with van der Waals surface area (Å²) in [5, 5.41) is 16.4. The highest BCUT2D eigenvalue weighted by Crippen LogP contribution is 2.29. The molecule has 6 nitrogen and oxygen atoms in total. The number of carboxylic acids is 1. The zero-order valence-corrected chi connectivity index (χ0v) is 12.1. The second kappa shape index (κ2) is 6.68. The zero-order chi connectivity index (χ0) is 15.5. The molecule has 0 bridgehead atoms. The van der Waals surface area contributed by atoms with Gasteiger partial charge >= 0.3 is 5.97 Å². The lowest BCUT2D eigenvalue weighted by molar-refractivity contribution is -0.139. The second-order valence-electron chi connectivity index (χ2n) is 3.70. The monoisotopic (exact) mass is 345 g/mol. The van der Waals surface area contributed by atoms with E-state index in [0.717, 1.165) is 12.1 Å². The van der Waals surface area contributed by atoms with Gasteiger partial charge in [0.25, 0.3) is 0 Å². The van der Waals surface area contributed by atoms with Crippen LogP contribution in [0.25, 0.3) is 0 Å². The van der Waals surface area contributed by atoms with Crippen LogP contribution in [0.4, 0.5) is 4.39 Å². The van der Waals surface area contributed by atoms with Crippen molar-refractivity contribution in [2.75, 3.05) is 6.61 Å². The molecule has 1 rings (SSSR count). The van der Waals surface area contributed by atoms with Gasteiger partial charge in [0.2, 0.25) is 10.0 Å². The average molecular weight is 346 g/mol. The molecule has 1 aromatic rings. The van der Waals surface area contributed by atoms with E-state index in [1.165, 1.54) is 0 Å². The molecule has 10 heteroatoms. The number of sulfonamides is 1. The molecule has 0 aliphatic rings. The highest BCUT2D eigenvalue weighted by atomic mass is 35.5. The molecule has 0 radical (unpaired) electrons. The number of aliphatic hydroxyl groups is 1. The Bertz CT molecular complexity index is 622. The summed E-state index contributed by atoms with van der Waals surface area (Å²) in [7, 11) is -4.37. The molecular weight excluding hydrogens is 336 g/mol. The Hall–Kier alpha value is -0.930. The van der Waals surface area contributed by atoms with Crippen molar-refractivity contribution in [1.29, 1.82) is 0 Å². The van der Waals surface area contributed by atoms with Crippen LogP contribution >= 0.6 is 23.2 Å². The van der Waals surface area contributed by atoms with E-state index in [1.807, 2.05) is 4.72 Å². The summed E-state index contributed by atoms with van der Waals surface area (Å²) in [6.07, 6.45) is -0.345. The number of rotatable bonds is 6. The second-order valence-corrected chi connectivity index (χ2v) is 6.17. The molecule has 0 heterocycles. The molecule has 1 aromatic carbocycles. The number of hydrogen-bond donors (Lipinski definition) is 3. The number of benzene rings is 1. The van der Waals surface area contributed by atoms with Crippen LogP contribution in [0.1, 0.15) is 6.42 Å². The Morgan fingerprint density at radius 3 is 2.50 bits per heavy atom. The summed E-state index contributed by atoms with van der Waals surface area (Å²) in [5.41, 5.74) is 0. The third kappa shape index (κ3) is 3.80. The van der Waals surface area contributed by atoms with Crippen molar-refractivity contribution in [3.05, 3.63) is 28.0 Å². The van der Waals surface area contributed by atoms with Gasteiger partial charge in [-0.25, -0.2) is 12.8 Å². The standard InChI is InChI=1S/C10H10Cl2FNO5S/c11-5-1-2-7(8(12)9(5)13)20(18,19)14-6(3-4-15)10(16)17/h1-2,6,14-15H,3-4H2,(H,16,17)/t6-/m1/s1. The van der Waals surface area contributed by atoms with Crippen molar-refractivity contribution < 1.29 is 27.8 Å². The number of halogens is 3. The smallest absolute Gasteiger partial charge is 0.321 e. The first-order valence-electron chi connectivity index (χ1n) is 5.20. The van der Waals surface area contributed by atoms with Crippen LogP contribution in [0, 0.1) is 5.82 Å². The normalized spacial score (nSPS) is 13.2. The summed E-state index contributed by atoms with van der Waals surface area (Å²) in [5.74, 6) is -2.60. The molecule has 0 fully saturated rings. The molecule has 0 aromatic heterocycles. The summed E-state index contributed by atoms with van der Waals surface area (Å²) in [4.78, 5) is 10.2. The first-order chi connectivity index (χ1) is 9.20. The SMILES string of the molecule is O=C(O)[C@@H](CCO)NS(=O)(=O)c1ccc(Cl)c(F)c1Cl. The van der Waals surface area contributed by atoms with E-state index in [-0.39, 0.29) is 11.4 Å². The molecule has 112 valence electrons. The largest absolute Gasteiger partial charge is 0.480 e. The van der Waals surface area contributed by atoms with Crippen LogP contribution in [0.5, 0.6) is 0 Å². The summed E-state index contributed by atoms with van der Waals surface area (Å²) < 4.78 is 39.2. The molecular formula is C10H10Cl2FNO5S. The molecule has 1 atom stereocenters. The van der Waals surface area contributed by atoms with E-state index >= 15 is 0 Å². The van der Waals surface area contributed by atoms with E-state index in [4.69, 9.17) is 33.4 Å². The Morgan fingerprint density at radius 1 is 1.40 bits per heavy atom. The number of hydrogen-bond acceptors (Lipinski definition) is 4. The third-order valence-electron chi connectivity index (χ3n) is 2.30. The van der Waals surface area contributed by atoms with Crippen molar-refractivity contribution >= 4 is 39.2 Å². The third-order valence-corrected chi connectivity index (χ3v) is 4.59. The zero-order valence-electron chi connectivity index (χ0n) is 9.81. The van der Waals surface area contributed by atoms with Gasteiger partial charge < -0.3 is 10.2 Å². The maximum absolute atomic E-state index is 13.5. The molecule has 0 unspecified atom stereocenters. The maximum atomic E-state index is 13.5. The van der Waals surface area contributed by atoms with Gasteiger partial charge in [0, 0.05) is 6.61 Å². The molecule has 0 saturated heterocycles. The van der Waals surface area contributed by atoms with Gasteiger partial charge in [-0.3, -0.25) is 4.79 Å². The molecule has 20 heavy (non-hydrogen) atoms. The van der Waals surface area contributed by atoms with Gasteiger partial charge in [0.1, 0.15) is 10.9 Å². The Morgan fingerprint density at radius 2 is 2.00 bits per heavy atom. The highest BCUT2D eigenvalue weighted by molar-refractivity contribution is 7.89. The Balaban J connectivity index is 3.17. The van der Waals surface area contributed by atoms with Gasteiger partial charge in [-0.15, -0.1) is 0 Å². The number of carbonyl (C=O) groups is 1. The molecule has 0 aliphatic heterocycles. The van der Waals surface area contributed by atoms with Crippen molar-refractivity contribution in [3.8, 4) is 0 Å².